The number of rotatable bonds is 8. The molecule has 0 aliphatic carbocycles. The van der Waals surface area contributed by atoms with E-state index in [0.29, 0.717) is 46.0 Å². The fraction of sp³-hybridized carbons (Fsp3) is 0. The molecular weight excluding hydrogens is 424 g/mol. The molecule has 5 aromatic rings. The second-order valence-electron chi connectivity index (χ2n) is 7.38. The molecular formula is C30H22O4. The molecule has 4 nitrogen and oxygen atoms in total. The van der Waals surface area contributed by atoms with Crippen LogP contribution in [-0.2, 0) is 0 Å². The summed E-state index contributed by atoms with van der Waals surface area (Å²) in [6, 6.07) is 41.8. The van der Waals surface area contributed by atoms with Crippen molar-refractivity contribution in [1.82, 2.24) is 0 Å². The van der Waals surface area contributed by atoms with Gasteiger partial charge < -0.3 is 18.9 Å². The molecule has 0 fully saturated rings. The maximum atomic E-state index is 6.33. The molecule has 0 saturated carbocycles. The Hall–Kier alpha value is -4.70. The van der Waals surface area contributed by atoms with Gasteiger partial charge in [0.15, 0.2) is 11.5 Å². The third-order valence-electron chi connectivity index (χ3n) is 4.91. The number of hydrogen-bond acceptors (Lipinski definition) is 4. The van der Waals surface area contributed by atoms with E-state index in [4.69, 9.17) is 18.9 Å². The molecule has 4 heteroatoms. The van der Waals surface area contributed by atoms with Crippen LogP contribution in [0.25, 0.3) is 0 Å². The molecule has 166 valence electrons. The lowest BCUT2D eigenvalue weighted by Gasteiger charge is -2.19. The molecule has 5 aromatic carbocycles. The summed E-state index contributed by atoms with van der Waals surface area (Å²) in [5.41, 5.74) is 0. The molecule has 5 rings (SSSR count). The lowest BCUT2D eigenvalue weighted by atomic mass is 10.2. The van der Waals surface area contributed by atoms with E-state index in [1.165, 1.54) is 0 Å². The van der Waals surface area contributed by atoms with Gasteiger partial charge in [-0.05, 0) is 60.7 Å². The lowest BCUT2D eigenvalue weighted by Crippen LogP contribution is -1.97. The number of hydrogen-bond donors (Lipinski definition) is 0. The van der Waals surface area contributed by atoms with E-state index >= 15 is 0 Å². The Kier molecular flexibility index (Phi) is 6.40. The first kappa shape index (κ1) is 21.2. The molecule has 0 heterocycles. The Morgan fingerprint density at radius 1 is 0.265 bits per heavy atom. The van der Waals surface area contributed by atoms with E-state index in [0.717, 1.165) is 0 Å². The van der Waals surface area contributed by atoms with Crippen molar-refractivity contribution in [1.29, 1.82) is 0 Å². The van der Waals surface area contributed by atoms with Gasteiger partial charge in [0, 0.05) is 0 Å². The molecule has 34 heavy (non-hydrogen) atoms. The molecule has 0 saturated heterocycles. The molecule has 0 aliphatic heterocycles. The van der Waals surface area contributed by atoms with Gasteiger partial charge in [0.25, 0.3) is 0 Å². The average molecular weight is 447 g/mol. The summed E-state index contributed by atoms with van der Waals surface area (Å²) < 4.78 is 25.1. The fourth-order valence-corrected chi connectivity index (χ4v) is 3.32. The van der Waals surface area contributed by atoms with Gasteiger partial charge in [-0.25, -0.2) is 0 Å². The normalized spacial score (nSPS) is 10.4. The van der Waals surface area contributed by atoms with Crippen LogP contribution in [0.4, 0.5) is 0 Å². The average Bonchev–Trinajstić information content (AvgIpc) is 2.90. The maximum Gasteiger partial charge on any atom is 0.216 e. The van der Waals surface area contributed by atoms with Crippen LogP contribution in [0, 0.1) is 0 Å². The molecule has 0 atom stereocenters. The zero-order valence-electron chi connectivity index (χ0n) is 18.3. The van der Waals surface area contributed by atoms with Crippen LogP contribution in [0.3, 0.4) is 0 Å². The van der Waals surface area contributed by atoms with Crippen molar-refractivity contribution in [3.05, 3.63) is 133 Å². The van der Waals surface area contributed by atoms with Gasteiger partial charge in [-0.1, -0.05) is 72.8 Å². The summed E-state index contributed by atoms with van der Waals surface area (Å²) in [6.45, 7) is 0. The topological polar surface area (TPSA) is 36.9 Å². The fourth-order valence-electron chi connectivity index (χ4n) is 3.32. The van der Waals surface area contributed by atoms with Crippen LogP contribution in [0.2, 0.25) is 0 Å². The minimum Gasteiger partial charge on any atom is -0.453 e. The molecule has 0 spiro atoms. The van der Waals surface area contributed by atoms with Crippen molar-refractivity contribution in [3.8, 4) is 46.0 Å². The van der Waals surface area contributed by atoms with Gasteiger partial charge in [-0.15, -0.1) is 0 Å². The van der Waals surface area contributed by atoms with Crippen molar-refractivity contribution in [2.75, 3.05) is 0 Å². The summed E-state index contributed by atoms with van der Waals surface area (Å²) in [7, 11) is 0. The Bertz CT molecular complexity index is 1220. The predicted molar refractivity (Wildman–Crippen MR) is 133 cm³/mol. The van der Waals surface area contributed by atoms with Crippen LogP contribution in [0.15, 0.2) is 133 Å². The van der Waals surface area contributed by atoms with Crippen molar-refractivity contribution >= 4 is 0 Å². The SMILES string of the molecule is c1ccc(Oc2ccc(Oc3ccccc3)c(Oc3ccccc3)c2Oc2ccccc2)cc1. The van der Waals surface area contributed by atoms with Crippen LogP contribution in [-0.4, -0.2) is 0 Å². The summed E-state index contributed by atoms with van der Waals surface area (Å²) in [5, 5.41) is 0. The Labute approximate surface area is 198 Å². The first-order valence-electron chi connectivity index (χ1n) is 10.9. The highest BCUT2D eigenvalue weighted by Gasteiger charge is 2.22. The van der Waals surface area contributed by atoms with Gasteiger partial charge in [0.2, 0.25) is 11.5 Å². The van der Waals surface area contributed by atoms with Crippen LogP contribution < -0.4 is 18.9 Å². The highest BCUT2D eigenvalue weighted by atomic mass is 16.6. The first-order chi connectivity index (χ1) is 16.8. The smallest absolute Gasteiger partial charge is 0.216 e. The van der Waals surface area contributed by atoms with E-state index in [9.17, 15) is 0 Å². The molecule has 0 aromatic heterocycles. The van der Waals surface area contributed by atoms with Crippen LogP contribution in [0.1, 0.15) is 0 Å². The molecule has 0 aliphatic rings. The number of para-hydroxylation sites is 4. The zero-order chi connectivity index (χ0) is 23.0. The van der Waals surface area contributed by atoms with Crippen molar-refractivity contribution in [2.45, 2.75) is 0 Å². The predicted octanol–water partition coefficient (Wildman–Crippen LogP) is 8.86. The van der Waals surface area contributed by atoms with E-state index in [1.807, 2.05) is 133 Å². The maximum absolute atomic E-state index is 6.33. The molecule has 0 unspecified atom stereocenters. The summed E-state index contributed by atoms with van der Waals surface area (Å²) in [5.74, 6) is 4.48. The zero-order valence-corrected chi connectivity index (χ0v) is 18.3. The largest absolute Gasteiger partial charge is 0.453 e. The highest BCUT2D eigenvalue weighted by Crippen LogP contribution is 2.50. The summed E-state index contributed by atoms with van der Waals surface area (Å²) >= 11 is 0. The van der Waals surface area contributed by atoms with E-state index < -0.39 is 0 Å². The Balaban J connectivity index is 1.63. The Morgan fingerprint density at radius 2 is 0.529 bits per heavy atom. The number of ether oxygens (including phenoxy) is 4. The minimum atomic E-state index is 0.410. The van der Waals surface area contributed by atoms with Gasteiger partial charge >= 0.3 is 0 Å². The van der Waals surface area contributed by atoms with E-state index in [-0.39, 0.29) is 0 Å². The first-order valence-corrected chi connectivity index (χ1v) is 10.9. The van der Waals surface area contributed by atoms with Crippen molar-refractivity contribution in [2.24, 2.45) is 0 Å². The quantitative estimate of drug-likeness (QED) is 0.238. The lowest BCUT2D eigenvalue weighted by molar-refractivity contribution is 0.366. The third-order valence-corrected chi connectivity index (χ3v) is 4.91. The van der Waals surface area contributed by atoms with Crippen LogP contribution >= 0.6 is 0 Å². The third kappa shape index (κ3) is 5.19. The second kappa shape index (κ2) is 10.3. The minimum absolute atomic E-state index is 0.410. The summed E-state index contributed by atoms with van der Waals surface area (Å²) in [6.07, 6.45) is 0. The molecule has 0 bridgehead atoms. The van der Waals surface area contributed by atoms with Gasteiger partial charge in [0.05, 0.1) is 0 Å². The highest BCUT2D eigenvalue weighted by molar-refractivity contribution is 5.63. The van der Waals surface area contributed by atoms with Gasteiger partial charge in [-0.3, -0.25) is 0 Å². The van der Waals surface area contributed by atoms with Crippen LogP contribution in [0.5, 0.6) is 46.0 Å². The van der Waals surface area contributed by atoms with Gasteiger partial charge in [0.1, 0.15) is 23.0 Å². The van der Waals surface area contributed by atoms with E-state index in [1.54, 1.807) is 0 Å². The summed E-state index contributed by atoms with van der Waals surface area (Å²) in [4.78, 5) is 0. The van der Waals surface area contributed by atoms with Crippen molar-refractivity contribution in [3.63, 3.8) is 0 Å². The molecule has 0 amide bonds. The van der Waals surface area contributed by atoms with E-state index in [2.05, 4.69) is 0 Å². The standard InChI is InChI=1S/C30H22O4/c1-5-13-23(14-6-1)31-27-21-22-28(32-24-15-7-2-8-16-24)30(34-26-19-11-4-12-20-26)29(27)33-25-17-9-3-10-18-25/h1-22H. The van der Waals surface area contributed by atoms with Gasteiger partial charge in [-0.2, -0.15) is 0 Å². The Morgan fingerprint density at radius 3 is 0.824 bits per heavy atom. The molecule has 0 N–H and O–H groups in total. The number of benzene rings is 5. The van der Waals surface area contributed by atoms with Crippen molar-refractivity contribution < 1.29 is 18.9 Å². The molecule has 0 radical (unpaired) electrons. The monoisotopic (exact) mass is 446 g/mol. The second-order valence-corrected chi connectivity index (χ2v) is 7.38.